The first kappa shape index (κ1) is 16.6. The number of carbonyl (C=O) groups excluding carboxylic acids is 1. The highest BCUT2D eigenvalue weighted by Crippen LogP contribution is 2.21. The molecule has 2 rings (SSSR count). The second-order valence-corrected chi connectivity index (χ2v) is 5.29. The fraction of sp³-hybridized carbons (Fsp3) is 0.111. The van der Waals surface area contributed by atoms with E-state index in [1.54, 1.807) is 49.6 Å². The predicted octanol–water partition coefficient (Wildman–Crippen LogP) is 4.20. The molecular formula is C18H15ClN2O2. The Labute approximate surface area is 140 Å². The maximum absolute atomic E-state index is 12.3. The topological polar surface area (TPSA) is 62.1 Å². The lowest BCUT2D eigenvalue weighted by molar-refractivity contribution is -0.112. The summed E-state index contributed by atoms with van der Waals surface area (Å²) in [6.45, 7) is 1.85. The largest absolute Gasteiger partial charge is 0.497 e. The van der Waals surface area contributed by atoms with Crippen LogP contribution in [0.25, 0.3) is 6.08 Å². The zero-order valence-electron chi connectivity index (χ0n) is 12.8. The van der Waals surface area contributed by atoms with Gasteiger partial charge in [0.25, 0.3) is 5.91 Å². The van der Waals surface area contributed by atoms with Crippen molar-refractivity contribution < 1.29 is 9.53 Å². The van der Waals surface area contributed by atoms with Gasteiger partial charge in [-0.15, -0.1) is 0 Å². The number of benzene rings is 2. The van der Waals surface area contributed by atoms with Crippen molar-refractivity contribution in [2.45, 2.75) is 6.92 Å². The summed E-state index contributed by atoms with van der Waals surface area (Å²) < 4.78 is 5.07. The summed E-state index contributed by atoms with van der Waals surface area (Å²) in [5, 5.41) is 12.5. The number of aryl methyl sites for hydroxylation is 1. The number of rotatable bonds is 4. The Morgan fingerprint density at radius 1 is 1.26 bits per heavy atom. The first-order valence-electron chi connectivity index (χ1n) is 6.87. The molecular weight excluding hydrogens is 312 g/mol. The maximum Gasteiger partial charge on any atom is 0.266 e. The Kier molecular flexibility index (Phi) is 5.40. The van der Waals surface area contributed by atoms with E-state index in [-0.39, 0.29) is 5.57 Å². The van der Waals surface area contributed by atoms with Crippen LogP contribution in [0.15, 0.2) is 48.0 Å². The summed E-state index contributed by atoms with van der Waals surface area (Å²) in [6.07, 6.45) is 1.52. The number of carbonyl (C=O) groups is 1. The van der Waals surface area contributed by atoms with Crippen LogP contribution in [0, 0.1) is 18.3 Å². The van der Waals surface area contributed by atoms with Gasteiger partial charge in [-0.1, -0.05) is 29.8 Å². The van der Waals surface area contributed by atoms with E-state index < -0.39 is 5.91 Å². The third kappa shape index (κ3) is 4.35. The van der Waals surface area contributed by atoms with Crippen LogP contribution in [-0.2, 0) is 4.79 Å². The van der Waals surface area contributed by atoms with E-state index in [9.17, 15) is 10.1 Å². The molecule has 0 spiro atoms. The minimum absolute atomic E-state index is 0.00884. The molecule has 2 aromatic carbocycles. The monoisotopic (exact) mass is 326 g/mol. The lowest BCUT2D eigenvalue weighted by Gasteiger charge is -2.08. The molecule has 5 heteroatoms. The molecule has 1 amide bonds. The van der Waals surface area contributed by atoms with E-state index in [1.165, 1.54) is 6.08 Å². The number of nitriles is 1. The molecule has 0 atom stereocenters. The van der Waals surface area contributed by atoms with Crippen molar-refractivity contribution >= 4 is 29.3 Å². The van der Waals surface area contributed by atoms with Gasteiger partial charge >= 0.3 is 0 Å². The molecule has 0 aromatic heterocycles. The molecule has 2 aromatic rings. The molecule has 0 aliphatic carbocycles. The number of anilines is 1. The number of methoxy groups -OCH3 is 1. The van der Waals surface area contributed by atoms with Gasteiger partial charge in [-0.3, -0.25) is 4.79 Å². The third-order valence-corrected chi connectivity index (χ3v) is 3.47. The van der Waals surface area contributed by atoms with E-state index in [0.717, 1.165) is 11.1 Å². The van der Waals surface area contributed by atoms with E-state index >= 15 is 0 Å². The fourth-order valence-electron chi connectivity index (χ4n) is 1.93. The maximum atomic E-state index is 12.3. The average molecular weight is 327 g/mol. The van der Waals surface area contributed by atoms with Crippen LogP contribution in [-0.4, -0.2) is 13.0 Å². The molecule has 0 bridgehead atoms. The number of nitrogens with one attached hydrogen (secondary N) is 1. The standard InChI is InChI=1S/C18H15ClN2O2/c1-12-3-6-15(19)10-17(12)21-18(22)14(11-20)9-13-4-7-16(23-2)8-5-13/h3-10H,1-2H3,(H,21,22). The predicted molar refractivity (Wildman–Crippen MR) is 91.4 cm³/mol. The van der Waals surface area contributed by atoms with E-state index in [2.05, 4.69) is 5.32 Å². The van der Waals surface area contributed by atoms with E-state index in [1.807, 2.05) is 13.0 Å². The van der Waals surface area contributed by atoms with Gasteiger partial charge in [-0.2, -0.15) is 5.26 Å². The Morgan fingerprint density at radius 3 is 2.57 bits per heavy atom. The number of hydrogen-bond donors (Lipinski definition) is 1. The number of hydrogen-bond acceptors (Lipinski definition) is 3. The van der Waals surface area contributed by atoms with Crippen molar-refractivity contribution in [1.29, 1.82) is 5.26 Å². The Balaban J connectivity index is 2.22. The summed E-state index contributed by atoms with van der Waals surface area (Å²) in [5.74, 6) is 0.230. The molecule has 1 N–H and O–H groups in total. The van der Waals surface area contributed by atoms with Gasteiger partial charge in [0.2, 0.25) is 0 Å². The van der Waals surface area contributed by atoms with Crippen molar-refractivity contribution in [3.05, 3.63) is 64.2 Å². The SMILES string of the molecule is COc1ccc(C=C(C#N)C(=O)Nc2cc(Cl)ccc2C)cc1. The molecule has 0 heterocycles. The van der Waals surface area contributed by atoms with Gasteiger partial charge in [0.15, 0.2) is 0 Å². The molecule has 0 aliphatic rings. The van der Waals surface area contributed by atoms with Crippen LogP contribution in [0.1, 0.15) is 11.1 Å². The van der Waals surface area contributed by atoms with E-state index in [0.29, 0.717) is 16.5 Å². The number of amides is 1. The summed E-state index contributed by atoms with van der Waals surface area (Å²) in [7, 11) is 1.58. The van der Waals surface area contributed by atoms with Crippen LogP contribution < -0.4 is 10.1 Å². The quantitative estimate of drug-likeness (QED) is 0.676. The Bertz CT molecular complexity index is 790. The second-order valence-electron chi connectivity index (χ2n) is 4.86. The summed E-state index contributed by atoms with van der Waals surface area (Å²) in [6, 6.07) is 14.2. The lowest BCUT2D eigenvalue weighted by Crippen LogP contribution is -2.14. The van der Waals surface area contributed by atoms with Crippen molar-refractivity contribution in [2.24, 2.45) is 0 Å². The number of ether oxygens (including phenoxy) is 1. The lowest BCUT2D eigenvalue weighted by atomic mass is 10.1. The molecule has 0 radical (unpaired) electrons. The smallest absolute Gasteiger partial charge is 0.266 e. The van der Waals surface area contributed by atoms with Gasteiger partial charge in [-0.05, 0) is 48.4 Å². The second kappa shape index (κ2) is 7.48. The summed E-state index contributed by atoms with van der Waals surface area (Å²) >= 11 is 5.93. The molecule has 0 saturated heterocycles. The molecule has 0 aliphatic heterocycles. The van der Waals surface area contributed by atoms with Crippen LogP contribution in [0.5, 0.6) is 5.75 Å². The molecule has 0 saturated carbocycles. The van der Waals surface area contributed by atoms with Crippen molar-refractivity contribution in [2.75, 3.05) is 12.4 Å². The highest BCUT2D eigenvalue weighted by molar-refractivity contribution is 6.31. The van der Waals surface area contributed by atoms with Crippen LogP contribution >= 0.6 is 11.6 Å². The van der Waals surface area contributed by atoms with Crippen molar-refractivity contribution in [3.63, 3.8) is 0 Å². The Hall–Kier alpha value is -2.77. The zero-order valence-corrected chi connectivity index (χ0v) is 13.5. The minimum Gasteiger partial charge on any atom is -0.497 e. The Morgan fingerprint density at radius 2 is 1.96 bits per heavy atom. The van der Waals surface area contributed by atoms with Gasteiger partial charge in [0.05, 0.1) is 7.11 Å². The third-order valence-electron chi connectivity index (χ3n) is 3.24. The van der Waals surface area contributed by atoms with Gasteiger partial charge < -0.3 is 10.1 Å². The molecule has 4 nitrogen and oxygen atoms in total. The van der Waals surface area contributed by atoms with Gasteiger partial charge in [-0.25, -0.2) is 0 Å². The van der Waals surface area contributed by atoms with Crippen LogP contribution in [0.4, 0.5) is 5.69 Å². The van der Waals surface area contributed by atoms with Crippen molar-refractivity contribution in [3.8, 4) is 11.8 Å². The van der Waals surface area contributed by atoms with Crippen molar-refractivity contribution in [1.82, 2.24) is 0 Å². The highest BCUT2D eigenvalue weighted by atomic mass is 35.5. The molecule has 116 valence electrons. The first-order valence-corrected chi connectivity index (χ1v) is 7.24. The normalized spacial score (nSPS) is 10.8. The van der Waals surface area contributed by atoms with Crippen LogP contribution in [0.3, 0.4) is 0 Å². The number of nitrogens with zero attached hydrogens (tertiary/aromatic N) is 1. The molecule has 0 fully saturated rings. The summed E-state index contributed by atoms with van der Waals surface area (Å²) in [4.78, 5) is 12.3. The average Bonchev–Trinajstić information content (AvgIpc) is 2.56. The molecule has 0 unspecified atom stereocenters. The van der Waals surface area contributed by atoms with Crippen LogP contribution in [0.2, 0.25) is 5.02 Å². The summed E-state index contributed by atoms with van der Waals surface area (Å²) in [5.41, 5.74) is 2.19. The molecule has 23 heavy (non-hydrogen) atoms. The zero-order chi connectivity index (χ0) is 16.8. The fourth-order valence-corrected chi connectivity index (χ4v) is 2.11. The van der Waals surface area contributed by atoms with E-state index in [4.69, 9.17) is 16.3 Å². The van der Waals surface area contributed by atoms with Gasteiger partial charge in [0, 0.05) is 10.7 Å². The first-order chi connectivity index (χ1) is 11.0. The number of halogens is 1. The highest BCUT2D eigenvalue weighted by Gasteiger charge is 2.11. The minimum atomic E-state index is -0.478. The van der Waals surface area contributed by atoms with Gasteiger partial charge in [0.1, 0.15) is 17.4 Å².